The minimum atomic E-state index is 0. The van der Waals surface area contributed by atoms with Crippen molar-refractivity contribution in [3.05, 3.63) is 24.3 Å². The molecule has 0 amide bonds. The van der Waals surface area contributed by atoms with Gasteiger partial charge in [-0.2, -0.15) is 0 Å². The zero-order valence-corrected chi connectivity index (χ0v) is 18.4. The van der Waals surface area contributed by atoms with Gasteiger partial charge in [0.05, 0.1) is 38.8 Å². The van der Waals surface area contributed by atoms with Crippen LogP contribution in [0.15, 0.2) is 24.3 Å². The molecule has 0 atom stereocenters. The monoisotopic (exact) mass is 432 g/mol. The van der Waals surface area contributed by atoms with Crippen LogP contribution < -0.4 is 30.4 Å². The van der Waals surface area contributed by atoms with Gasteiger partial charge in [0.15, 0.2) is 0 Å². The van der Waals surface area contributed by atoms with Crippen LogP contribution in [-0.2, 0) is 0 Å². The normalized spacial score (nSPS) is 9.71. The van der Waals surface area contributed by atoms with Gasteiger partial charge in [0.25, 0.3) is 0 Å². The van der Waals surface area contributed by atoms with Gasteiger partial charge < -0.3 is 30.4 Å². The van der Waals surface area contributed by atoms with E-state index in [1.54, 1.807) is 26.4 Å². The lowest BCUT2D eigenvalue weighted by Crippen LogP contribution is -2.03. The van der Waals surface area contributed by atoms with Gasteiger partial charge in [-0.15, -0.1) is 24.8 Å². The summed E-state index contributed by atoms with van der Waals surface area (Å²) in [6, 6.07) is 7.23. The van der Waals surface area contributed by atoms with E-state index in [9.17, 15) is 0 Å². The van der Waals surface area contributed by atoms with Gasteiger partial charge >= 0.3 is 0 Å². The van der Waals surface area contributed by atoms with Crippen molar-refractivity contribution in [2.24, 2.45) is 0 Å². The Hall–Kier alpha value is -2.18. The van der Waals surface area contributed by atoms with Crippen LogP contribution in [0.5, 0.6) is 23.0 Å². The van der Waals surface area contributed by atoms with Crippen LogP contribution in [0.4, 0.5) is 11.4 Å². The number of nitrogen functional groups attached to an aromatic ring is 2. The first-order valence-electron chi connectivity index (χ1n) is 8.76. The topological polar surface area (TPSA) is 89.0 Å². The number of ether oxygens (including phenoxy) is 4. The fourth-order valence-electron chi connectivity index (χ4n) is 2.58. The van der Waals surface area contributed by atoms with E-state index in [0.29, 0.717) is 47.6 Å². The smallest absolute Gasteiger partial charge is 0.143 e. The average molecular weight is 433 g/mol. The first-order valence-corrected chi connectivity index (χ1v) is 8.76. The number of halogens is 2. The highest BCUT2D eigenvalue weighted by atomic mass is 35.5. The maximum absolute atomic E-state index is 6.09. The van der Waals surface area contributed by atoms with Crippen molar-refractivity contribution in [3.63, 3.8) is 0 Å². The zero-order valence-electron chi connectivity index (χ0n) is 16.7. The first kappa shape index (κ1) is 25.8. The summed E-state index contributed by atoms with van der Waals surface area (Å²) in [6.07, 6.45) is 1.78. The minimum absolute atomic E-state index is 0. The Morgan fingerprint density at radius 1 is 0.643 bits per heavy atom. The molecule has 8 heteroatoms. The van der Waals surface area contributed by atoms with Crippen molar-refractivity contribution in [1.29, 1.82) is 0 Å². The second-order valence-corrected chi connectivity index (χ2v) is 5.88. The number of nitrogens with two attached hydrogens (primary N) is 2. The average Bonchev–Trinajstić information content (AvgIpc) is 2.65. The fourth-order valence-corrected chi connectivity index (χ4v) is 2.58. The summed E-state index contributed by atoms with van der Waals surface area (Å²) in [5, 5.41) is 0. The van der Waals surface area contributed by atoms with Gasteiger partial charge in [-0.25, -0.2) is 0 Å². The Bertz CT molecular complexity index is 694. The Morgan fingerprint density at radius 3 is 1.29 bits per heavy atom. The number of hydrogen-bond donors (Lipinski definition) is 2. The molecule has 4 N–H and O–H groups in total. The quantitative estimate of drug-likeness (QED) is 0.544. The largest absolute Gasteiger partial charge is 0.496 e. The number of rotatable bonds is 9. The molecule has 158 valence electrons. The third-order valence-corrected chi connectivity index (χ3v) is 3.88. The van der Waals surface area contributed by atoms with E-state index in [0.717, 1.165) is 24.0 Å². The molecule has 0 radical (unpaired) electrons. The lowest BCUT2D eigenvalue weighted by Gasteiger charge is -2.18. The molecule has 0 bridgehead atoms. The second kappa shape index (κ2) is 12.3. The number of hydrogen-bond acceptors (Lipinski definition) is 6. The molecule has 0 aliphatic heterocycles. The van der Waals surface area contributed by atoms with E-state index in [1.807, 2.05) is 26.0 Å². The predicted octanol–water partition coefficient (Wildman–Crippen LogP) is 4.96. The molecule has 2 aromatic carbocycles. The summed E-state index contributed by atoms with van der Waals surface area (Å²) in [4.78, 5) is 0. The van der Waals surface area contributed by atoms with Crippen LogP contribution in [0, 0.1) is 0 Å². The molecule has 0 spiro atoms. The minimum Gasteiger partial charge on any atom is -0.496 e. The van der Waals surface area contributed by atoms with Gasteiger partial charge in [0.2, 0.25) is 0 Å². The fraction of sp³-hybridized carbons (Fsp3) is 0.400. The van der Waals surface area contributed by atoms with Gasteiger partial charge in [-0.05, 0) is 25.0 Å². The zero-order chi connectivity index (χ0) is 19.1. The van der Waals surface area contributed by atoms with E-state index in [4.69, 9.17) is 30.4 Å². The summed E-state index contributed by atoms with van der Waals surface area (Å²) >= 11 is 0. The van der Waals surface area contributed by atoms with Crippen molar-refractivity contribution >= 4 is 36.2 Å². The molecule has 2 rings (SSSR count). The van der Waals surface area contributed by atoms with Crippen molar-refractivity contribution in [2.45, 2.75) is 26.7 Å². The highest BCUT2D eigenvalue weighted by Crippen LogP contribution is 2.44. The molecule has 0 unspecified atom stereocenters. The Balaban J connectivity index is 0.00000364. The van der Waals surface area contributed by atoms with E-state index in [-0.39, 0.29) is 24.8 Å². The molecule has 28 heavy (non-hydrogen) atoms. The summed E-state index contributed by atoms with van der Waals surface area (Å²) in [5.41, 5.74) is 14.8. The lowest BCUT2D eigenvalue weighted by molar-refractivity contribution is 0.317. The maximum Gasteiger partial charge on any atom is 0.143 e. The third kappa shape index (κ3) is 5.91. The summed E-state index contributed by atoms with van der Waals surface area (Å²) < 4.78 is 22.6. The number of anilines is 2. The Morgan fingerprint density at radius 2 is 1.00 bits per heavy atom. The molecule has 0 heterocycles. The molecule has 6 nitrogen and oxygen atoms in total. The molecular formula is C20H30Cl2N2O4. The molecule has 0 fully saturated rings. The van der Waals surface area contributed by atoms with E-state index in [2.05, 4.69) is 0 Å². The molecule has 0 saturated carbocycles. The Labute approximate surface area is 179 Å². The van der Waals surface area contributed by atoms with Crippen molar-refractivity contribution in [3.8, 4) is 34.1 Å². The van der Waals surface area contributed by atoms with Crippen molar-refractivity contribution < 1.29 is 18.9 Å². The third-order valence-electron chi connectivity index (χ3n) is 3.88. The van der Waals surface area contributed by atoms with Crippen molar-refractivity contribution in [2.75, 3.05) is 38.9 Å². The van der Waals surface area contributed by atoms with Gasteiger partial charge in [0, 0.05) is 23.3 Å². The van der Waals surface area contributed by atoms with Crippen LogP contribution in [0.3, 0.4) is 0 Å². The van der Waals surface area contributed by atoms with Crippen molar-refractivity contribution in [1.82, 2.24) is 0 Å². The van der Waals surface area contributed by atoms with Crippen LogP contribution in [0.2, 0.25) is 0 Å². The maximum atomic E-state index is 6.09. The molecule has 0 aliphatic carbocycles. The molecular weight excluding hydrogens is 403 g/mol. The molecule has 2 aromatic rings. The van der Waals surface area contributed by atoms with E-state index in [1.165, 1.54) is 0 Å². The molecule has 0 aliphatic rings. The van der Waals surface area contributed by atoms with Crippen LogP contribution in [0.1, 0.15) is 26.7 Å². The van der Waals surface area contributed by atoms with Crippen LogP contribution in [-0.4, -0.2) is 27.4 Å². The number of methoxy groups -OCH3 is 2. The van der Waals surface area contributed by atoms with E-state index < -0.39 is 0 Å². The highest BCUT2D eigenvalue weighted by molar-refractivity contribution is 5.86. The summed E-state index contributed by atoms with van der Waals surface area (Å²) in [7, 11) is 3.20. The standard InChI is InChI=1S/C20H28N2O4.2ClH/c1-5-7-25-19-9-13(17(23-3)11-15(19)21)14-10-20(26-8-6-2)16(22)12-18(14)24-4;;/h9-12H,5-8,21-22H2,1-4H3;2*1H. The molecule has 0 saturated heterocycles. The van der Waals surface area contributed by atoms with Crippen LogP contribution in [0.25, 0.3) is 11.1 Å². The predicted molar refractivity (Wildman–Crippen MR) is 120 cm³/mol. The highest BCUT2D eigenvalue weighted by Gasteiger charge is 2.18. The van der Waals surface area contributed by atoms with Crippen LogP contribution >= 0.6 is 24.8 Å². The lowest BCUT2D eigenvalue weighted by atomic mass is 10.0. The van der Waals surface area contributed by atoms with E-state index >= 15 is 0 Å². The summed E-state index contributed by atoms with van der Waals surface area (Å²) in [5.74, 6) is 2.46. The first-order chi connectivity index (χ1) is 12.5. The Kier molecular flexibility index (Phi) is 11.4. The molecule has 0 aromatic heterocycles. The van der Waals surface area contributed by atoms with Gasteiger partial charge in [-0.3, -0.25) is 0 Å². The SMILES string of the molecule is CCCOc1cc(-c2cc(OCCC)c(N)cc2OC)c(OC)cc1N.Cl.Cl. The second-order valence-electron chi connectivity index (χ2n) is 5.88. The summed E-state index contributed by atoms with van der Waals surface area (Å²) in [6.45, 7) is 5.25. The number of benzene rings is 2. The van der Waals surface area contributed by atoms with Gasteiger partial charge in [-0.1, -0.05) is 13.8 Å². The van der Waals surface area contributed by atoms with Gasteiger partial charge in [0.1, 0.15) is 23.0 Å².